The van der Waals surface area contributed by atoms with Crippen molar-refractivity contribution in [3.05, 3.63) is 111 Å². The molecule has 0 spiro atoms. The van der Waals surface area contributed by atoms with Gasteiger partial charge in [-0.3, -0.25) is 0 Å². The molecule has 324 valence electrons. The first-order chi connectivity index (χ1) is 28.6. The third-order valence-corrected chi connectivity index (χ3v) is 11.7. The van der Waals surface area contributed by atoms with E-state index in [0.29, 0.717) is 12.1 Å². The van der Waals surface area contributed by atoms with Crippen LogP contribution >= 0.6 is 31.9 Å². The first kappa shape index (κ1) is 47.7. The number of aromatic nitrogens is 8. The lowest BCUT2D eigenvalue weighted by atomic mass is 9.79. The van der Waals surface area contributed by atoms with Gasteiger partial charge >= 0.3 is 7.12 Å². The zero-order valence-corrected chi connectivity index (χ0v) is 41.7. The van der Waals surface area contributed by atoms with Crippen molar-refractivity contribution in [1.29, 1.82) is 0 Å². The summed E-state index contributed by atoms with van der Waals surface area (Å²) in [5, 5.41) is 4.64. The molecule has 0 unspecified atom stereocenters. The second-order valence-corrected chi connectivity index (χ2v) is 19.8. The number of halogens is 2. The number of aromatic amines is 2. The Balaban J connectivity index is 0.000000156. The van der Waals surface area contributed by atoms with Gasteiger partial charge in [0.25, 0.3) is 0 Å². The topological polar surface area (TPSA) is 111 Å². The van der Waals surface area contributed by atoms with Gasteiger partial charge in [-0.15, -0.1) is 0 Å². The number of hydrogen-bond donors (Lipinski definition) is 2. The number of aryl methyl sites for hydroxylation is 4. The molecule has 1 saturated heterocycles. The lowest BCUT2D eigenvalue weighted by Gasteiger charge is -2.32. The molecule has 61 heavy (non-hydrogen) atoms. The average Bonchev–Trinajstić information content (AvgIpc) is 3.99. The Morgan fingerprint density at radius 3 is 1.61 bits per heavy atom. The lowest BCUT2D eigenvalue weighted by Crippen LogP contribution is -2.41. The fourth-order valence-electron chi connectivity index (χ4n) is 6.53. The zero-order valence-electron chi connectivity index (χ0n) is 38.6. The molecule has 0 aliphatic carbocycles. The molecule has 0 saturated carbocycles. The Bertz CT molecular complexity index is 2690. The fraction of sp³-hybridized carbons (Fsp3) is 0.417. The van der Waals surface area contributed by atoms with E-state index in [1.165, 1.54) is 27.5 Å². The molecule has 0 amide bonds. The van der Waals surface area contributed by atoms with E-state index >= 15 is 0 Å². The quantitative estimate of drug-likeness (QED) is 0.171. The summed E-state index contributed by atoms with van der Waals surface area (Å²) in [6, 6.07) is 11.3. The monoisotopic (exact) mass is 952 g/mol. The summed E-state index contributed by atoms with van der Waals surface area (Å²) in [6.45, 7) is 31.7. The highest BCUT2D eigenvalue weighted by atomic mass is 79.9. The van der Waals surface area contributed by atoms with Crippen LogP contribution in [0, 0.1) is 33.6 Å². The minimum absolute atomic E-state index is 0.332. The second kappa shape index (κ2) is 19.8. The molecule has 1 aliphatic heterocycles. The van der Waals surface area contributed by atoms with Gasteiger partial charge in [0.15, 0.2) is 0 Å². The Morgan fingerprint density at radius 2 is 1.05 bits per heavy atom. The highest BCUT2D eigenvalue weighted by Crippen LogP contribution is 2.37. The van der Waals surface area contributed by atoms with Gasteiger partial charge in [-0.1, -0.05) is 20.8 Å². The maximum Gasteiger partial charge on any atom is 0.497 e. The van der Waals surface area contributed by atoms with Crippen molar-refractivity contribution in [2.75, 3.05) is 0 Å². The SMILES string of the molecule is CC(C)C.Cc1cnc2[nH]cc(Br)c2c1.Cc1cnc2[nH]ccc2c1.Cc1cnc2c(c1)c(B1OC(C)(C)C(C)(C)O1)cn2C(C)C.Cc1cnc2c(c1)c(Br)cn2C(C)C. The van der Waals surface area contributed by atoms with Crippen molar-refractivity contribution in [2.24, 2.45) is 5.92 Å². The van der Waals surface area contributed by atoms with Gasteiger partial charge in [0.05, 0.1) is 11.2 Å². The van der Waals surface area contributed by atoms with Crippen molar-refractivity contribution in [2.45, 2.75) is 127 Å². The Hall–Kier alpha value is -4.30. The molecule has 8 aromatic rings. The summed E-state index contributed by atoms with van der Waals surface area (Å²) in [5.41, 5.74) is 9.06. The molecule has 8 aromatic heterocycles. The van der Waals surface area contributed by atoms with E-state index in [1.54, 1.807) is 0 Å². The van der Waals surface area contributed by atoms with E-state index in [4.69, 9.17) is 9.31 Å². The average molecular weight is 955 g/mol. The summed E-state index contributed by atoms with van der Waals surface area (Å²) in [4.78, 5) is 23.6. The molecule has 2 N–H and O–H groups in total. The van der Waals surface area contributed by atoms with Crippen molar-refractivity contribution in [1.82, 2.24) is 39.0 Å². The molecule has 0 radical (unpaired) electrons. The molecular weight excluding hydrogens is 891 g/mol. The van der Waals surface area contributed by atoms with Crippen LogP contribution in [0.1, 0.15) is 110 Å². The maximum absolute atomic E-state index is 6.23. The molecule has 10 nitrogen and oxygen atoms in total. The van der Waals surface area contributed by atoms with Gasteiger partial charge in [0.2, 0.25) is 0 Å². The molecule has 0 atom stereocenters. The molecule has 9 rings (SSSR count). The van der Waals surface area contributed by atoms with Crippen LogP contribution in [0.4, 0.5) is 0 Å². The second-order valence-electron chi connectivity index (χ2n) is 18.1. The molecule has 13 heteroatoms. The van der Waals surface area contributed by atoms with Crippen LogP contribution in [0.5, 0.6) is 0 Å². The number of H-pyrrole nitrogens is 2. The van der Waals surface area contributed by atoms with Crippen molar-refractivity contribution in [3.8, 4) is 0 Å². The summed E-state index contributed by atoms with van der Waals surface area (Å²) in [6.07, 6.45) is 15.6. The minimum Gasteiger partial charge on any atom is -0.399 e. The Kier molecular flexibility index (Phi) is 15.5. The normalized spacial score (nSPS) is 14.2. The summed E-state index contributed by atoms with van der Waals surface area (Å²) < 4.78 is 19.0. The highest BCUT2D eigenvalue weighted by Gasteiger charge is 2.52. The minimum atomic E-state index is -0.351. The number of nitrogens with zero attached hydrogens (tertiary/aromatic N) is 6. The van der Waals surface area contributed by atoms with Crippen LogP contribution in [0.15, 0.2) is 88.9 Å². The van der Waals surface area contributed by atoms with Gasteiger partial charge in [-0.05, 0) is 173 Å². The number of hydrogen-bond acceptors (Lipinski definition) is 6. The standard InChI is InChI=1S/C17H25BN2O2.C11H13BrN2.C8H7BrN2.C8H8N2.C4H10/c1-11(2)20-10-14(13-8-12(3)9-19-15(13)20)18-21-16(4,5)17(6,7)22-18;1-7(2)14-6-10(12)9-4-8(3)5-13-11(9)14;1-5-2-6-7(9)4-11-8(6)10-3-5;1-6-4-7-2-3-9-8(7)10-5-6;1-4(2)3/h8-11H,1-7H3;4-7H,1-3H3;2-4H,1H3,(H,10,11);2-5H,1H3,(H,9,10);4H,1-3H3. The molecule has 9 heterocycles. The first-order valence-electron chi connectivity index (χ1n) is 21.0. The summed E-state index contributed by atoms with van der Waals surface area (Å²) in [5.74, 6) is 0.833. The van der Waals surface area contributed by atoms with Gasteiger partial charge in [-0.25, -0.2) is 19.9 Å². The van der Waals surface area contributed by atoms with Crippen molar-refractivity contribution < 1.29 is 9.31 Å². The van der Waals surface area contributed by atoms with Crippen LogP contribution < -0.4 is 5.46 Å². The van der Waals surface area contributed by atoms with Gasteiger partial charge in [0.1, 0.15) is 22.6 Å². The van der Waals surface area contributed by atoms with Gasteiger partial charge < -0.3 is 28.4 Å². The van der Waals surface area contributed by atoms with Crippen LogP contribution in [0.3, 0.4) is 0 Å². The third kappa shape index (κ3) is 11.6. The van der Waals surface area contributed by atoms with E-state index in [-0.39, 0.29) is 18.3 Å². The predicted molar refractivity (Wildman–Crippen MR) is 263 cm³/mol. The van der Waals surface area contributed by atoms with E-state index in [9.17, 15) is 0 Å². The summed E-state index contributed by atoms with van der Waals surface area (Å²) >= 11 is 6.99. The van der Waals surface area contributed by atoms with Crippen LogP contribution in [0.2, 0.25) is 0 Å². The predicted octanol–water partition coefficient (Wildman–Crippen LogP) is 13.1. The molecule has 0 bridgehead atoms. The van der Waals surface area contributed by atoms with Gasteiger partial charge in [-0.2, -0.15) is 0 Å². The first-order valence-corrected chi connectivity index (χ1v) is 22.6. The summed E-state index contributed by atoms with van der Waals surface area (Å²) in [7, 11) is -0.351. The number of nitrogens with one attached hydrogen (secondary N) is 2. The molecule has 0 aromatic carbocycles. The fourth-order valence-corrected chi connectivity index (χ4v) is 7.46. The van der Waals surface area contributed by atoms with E-state index < -0.39 is 0 Å². The third-order valence-electron chi connectivity index (χ3n) is 10.4. The van der Waals surface area contributed by atoms with Crippen LogP contribution in [-0.4, -0.2) is 57.4 Å². The van der Waals surface area contributed by atoms with E-state index in [1.807, 2.05) is 57.1 Å². The van der Waals surface area contributed by atoms with Gasteiger partial charge in [0, 0.05) is 97.6 Å². The largest absolute Gasteiger partial charge is 0.497 e. The van der Waals surface area contributed by atoms with Crippen LogP contribution in [0.25, 0.3) is 44.1 Å². The number of rotatable bonds is 3. The number of fused-ring (bicyclic) bond motifs is 4. The van der Waals surface area contributed by atoms with E-state index in [0.717, 1.165) is 59.3 Å². The smallest absolute Gasteiger partial charge is 0.399 e. The van der Waals surface area contributed by atoms with Crippen molar-refractivity contribution >= 4 is 88.6 Å². The Labute approximate surface area is 379 Å². The van der Waals surface area contributed by atoms with Crippen LogP contribution in [-0.2, 0) is 9.31 Å². The maximum atomic E-state index is 6.23. The number of pyridine rings is 4. The van der Waals surface area contributed by atoms with Crippen molar-refractivity contribution in [3.63, 3.8) is 0 Å². The lowest BCUT2D eigenvalue weighted by molar-refractivity contribution is 0.00578. The molecule has 1 fully saturated rings. The zero-order chi connectivity index (χ0) is 45.0. The molecular formula is C48H63BBr2N8O2. The molecule has 1 aliphatic rings. The Morgan fingerprint density at radius 1 is 0.590 bits per heavy atom. The highest BCUT2D eigenvalue weighted by molar-refractivity contribution is 9.11. The van der Waals surface area contributed by atoms with E-state index in [2.05, 4.69) is 198 Å².